The summed E-state index contributed by atoms with van der Waals surface area (Å²) in [5, 5.41) is 3.31. The van der Waals surface area contributed by atoms with E-state index in [9.17, 15) is 9.59 Å². The molecule has 1 aromatic carbocycles. The van der Waals surface area contributed by atoms with E-state index in [-0.39, 0.29) is 35.8 Å². The predicted molar refractivity (Wildman–Crippen MR) is 127 cm³/mol. The molecule has 5 nitrogen and oxygen atoms in total. The minimum absolute atomic E-state index is 0.0107. The highest BCUT2D eigenvalue weighted by Crippen LogP contribution is 2.58. The highest BCUT2D eigenvalue weighted by atomic mass is 16.5. The van der Waals surface area contributed by atoms with Gasteiger partial charge in [0, 0.05) is 18.5 Å². The van der Waals surface area contributed by atoms with Gasteiger partial charge in [-0.3, -0.25) is 9.59 Å². The Morgan fingerprint density at radius 2 is 1.76 bits per heavy atom. The van der Waals surface area contributed by atoms with Crippen LogP contribution in [-0.4, -0.2) is 47.0 Å². The zero-order valence-electron chi connectivity index (χ0n) is 19.7. The number of benzene rings is 1. The molecule has 5 atom stereocenters. The fourth-order valence-electron chi connectivity index (χ4n) is 7.33. The van der Waals surface area contributed by atoms with Crippen LogP contribution in [0.15, 0.2) is 36.4 Å². The van der Waals surface area contributed by atoms with Gasteiger partial charge in [-0.15, -0.1) is 0 Å². The van der Waals surface area contributed by atoms with Crippen LogP contribution >= 0.6 is 0 Å². The molecule has 6 rings (SSSR count). The minimum Gasteiger partial charge on any atom is -0.359 e. The zero-order valence-corrected chi connectivity index (χ0v) is 19.7. The zero-order chi connectivity index (χ0) is 22.6. The van der Waals surface area contributed by atoms with Crippen LogP contribution in [-0.2, 0) is 14.3 Å². The minimum atomic E-state index is -0.839. The van der Waals surface area contributed by atoms with Crippen LogP contribution in [0, 0.1) is 18.8 Å². The Morgan fingerprint density at radius 1 is 1.06 bits per heavy atom. The second kappa shape index (κ2) is 8.26. The van der Waals surface area contributed by atoms with E-state index in [2.05, 4.69) is 48.7 Å². The van der Waals surface area contributed by atoms with Crippen molar-refractivity contribution < 1.29 is 14.3 Å². The first kappa shape index (κ1) is 21.4. The summed E-state index contributed by atoms with van der Waals surface area (Å²) in [5.74, 6) is 0.242. The van der Waals surface area contributed by atoms with E-state index >= 15 is 0 Å². The van der Waals surface area contributed by atoms with E-state index in [4.69, 9.17) is 4.74 Å². The molecule has 2 saturated carbocycles. The Balaban J connectivity index is 1.35. The van der Waals surface area contributed by atoms with Crippen molar-refractivity contribution in [3.05, 3.63) is 47.5 Å². The topological polar surface area (TPSA) is 58.6 Å². The van der Waals surface area contributed by atoms with Gasteiger partial charge in [0.2, 0.25) is 11.8 Å². The van der Waals surface area contributed by atoms with Crippen molar-refractivity contribution in [1.82, 2.24) is 10.2 Å². The Morgan fingerprint density at radius 3 is 2.48 bits per heavy atom. The average molecular weight is 449 g/mol. The molecule has 0 aromatic heterocycles. The standard InChI is InChI=1S/C28H36N2O3/c1-18-11-13-20(14-12-18)23-22-15-16-28(33-22)24(23)27(32)30(17-19-7-3-2-4-8-19)25(28)26(31)29-21-9-5-6-10-21/h11-16,19,21-25H,2-10,17H2,1H3,(H,29,31)/t22-,23+,24+,25+,28+/m0/s1. The third kappa shape index (κ3) is 3.46. The third-order valence-electron chi connectivity index (χ3n) is 8.97. The molecule has 1 spiro atoms. The molecule has 176 valence electrons. The summed E-state index contributed by atoms with van der Waals surface area (Å²) in [7, 11) is 0. The van der Waals surface area contributed by atoms with Crippen molar-refractivity contribution in [2.24, 2.45) is 11.8 Å². The summed E-state index contributed by atoms with van der Waals surface area (Å²) < 4.78 is 6.63. The smallest absolute Gasteiger partial charge is 0.246 e. The SMILES string of the molecule is Cc1ccc([C@@H]2[C@@H]3C=C[C@@]4(O3)[C@H]2C(=O)N(CC2CCCCC2)[C@@H]4C(=O)NC2CCCC2)cc1. The van der Waals surface area contributed by atoms with Gasteiger partial charge in [-0.2, -0.15) is 0 Å². The molecule has 3 aliphatic heterocycles. The van der Waals surface area contributed by atoms with Gasteiger partial charge in [-0.1, -0.05) is 74.1 Å². The van der Waals surface area contributed by atoms with Crippen LogP contribution in [0.4, 0.5) is 0 Å². The van der Waals surface area contributed by atoms with Crippen molar-refractivity contribution in [3.63, 3.8) is 0 Å². The highest BCUT2D eigenvalue weighted by Gasteiger charge is 2.71. The number of rotatable bonds is 5. The van der Waals surface area contributed by atoms with Crippen molar-refractivity contribution in [2.45, 2.75) is 94.4 Å². The maximum Gasteiger partial charge on any atom is 0.246 e. The summed E-state index contributed by atoms with van der Waals surface area (Å²) >= 11 is 0. The Bertz CT molecular complexity index is 944. The highest BCUT2D eigenvalue weighted by molar-refractivity contribution is 5.97. The number of amides is 2. The van der Waals surface area contributed by atoms with Crippen LogP contribution in [0.25, 0.3) is 0 Å². The molecule has 5 heteroatoms. The lowest BCUT2D eigenvalue weighted by Gasteiger charge is -2.35. The van der Waals surface area contributed by atoms with E-state index in [1.807, 2.05) is 4.90 Å². The quantitative estimate of drug-likeness (QED) is 0.685. The van der Waals surface area contributed by atoms with Crippen molar-refractivity contribution in [1.29, 1.82) is 0 Å². The van der Waals surface area contributed by atoms with Crippen LogP contribution in [0.3, 0.4) is 0 Å². The fraction of sp³-hybridized carbons (Fsp3) is 0.643. The fourth-order valence-corrected chi connectivity index (χ4v) is 7.33. The molecular weight excluding hydrogens is 412 g/mol. The van der Waals surface area contributed by atoms with Crippen molar-refractivity contribution in [3.8, 4) is 0 Å². The first-order chi connectivity index (χ1) is 16.1. The maximum absolute atomic E-state index is 14.1. The van der Waals surface area contributed by atoms with Crippen LogP contribution < -0.4 is 5.32 Å². The number of fused-ring (bicyclic) bond motifs is 1. The first-order valence-corrected chi connectivity index (χ1v) is 13.1. The number of hydrogen-bond donors (Lipinski definition) is 1. The molecule has 2 amide bonds. The van der Waals surface area contributed by atoms with Crippen molar-refractivity contribution in [2.75, 3.05) is 6.54 Å². The van der Waals surface area contributed by atoms with Gasteiger partial charge in [0.25, 0.3) is 0 Å². The number of carbonyl (C=O) groups excluding carboxylic acids is 2. The molecule has 1 aromatic rings. The number of nitrogens with zero attached hydrogens (tertiary/aromatic N) is 1. The number of ether oxygens (including phenoxy) is 1. The molecule has 2 saturated heterocycles. The van der Waals surface area contributed by atoms with Crippen LogP contribution in [0.2, 0.25) is 0 Å². The third-order valence-corrected chi connectivity index (χ3v) is 8.97. The van der Waals surface area contributed by atoms with Gasteiger partial charge in [-0.25, -0.2) is 0 Å². The van der Waals surface area contributed by atoms with Gasteiger partial charge in [0.15, 0.2) is 0 Å². The monoisotopic (exact) mass is 448 g/mol. The molecular formula is C28H36N2O3. The summed E-state index contributed by atoms with van der Waals surface area (Å²) in [6, 6.07) is 8.17. The number of nitrogens with one attached hydrogen (secondary N) is 1. The maximum atomic E-state index is 14.1. The van der Waals surface area contributed by atoms with Gasteiger partial charge in [0.05, 0.1) is 12.0 Å². The summed E-state index contributed by atoms with van der Waals surface area (Å²) in [6.07, 6.45) is 14.5. The normalized spacial score (nSPS) is 36.0. The average Bonchev–Trinajstić information content (AvgIpc) is 3.58. The molecule has 0 unspecified atom stereocenters. The predicted octanol–water partition coefficient (Wildman–Crippen LogP) is 4.25. The van der Waals surface area contributed by atoms with Gasteiger partial charge in [0.1, 0.15) is 11.6 Å². The van der Waals surface area contributed by atoms with Crippen molar-refractivity contribution >= 4 is 11.8 Å². The molecule has 4 fully saturated rings. The lowest BCUT2D eigenvalue weighted by Crippen LogP contribution is -2.56. The molecule has 2 bridgehead atoms. The summed E-state index contributed by atoms with van der Waals surface area (Å²) in [5.41, 5.74) is 1.51. The summed E-state index contributed by atoms with van der Waals surface area (Å²) in [6.45, 7) is 2.76. The lowest BCUT2D eigenvalue weighted by molar-refractivity contribution is -0.140. The largest absolute Gasteiger partial charge is 0.359 e. The number of hydrogen-bond acceptors (Lipinski definition) is 3. The number of aryl methyl sites for hydroxylation is 1. The molecule has 33 heavy (non-hydrogen) atoms. The Hall–Kier alpha value is -2.14. The second-order valence-electron chi connectivity index (χ2n) is 11.1. The van der Waals surface area contributed by atoms with E-state index in [0.29, 0.717) is 12.5 Å². The molecule has 0 radical (unpaired) electrons. The van der Waals surface area contributed by atoms with E-state index in [0.717, 1.165) is 31.2 Å². The van der Waals surface area contributed by atoms with E-state index < -0.39 is 11.6 Å². The number of likely N-dealkylation sites (tertiary alicyclic amines) is 1. The molecule has 5 aliphatic rings. The van der Waals surface area contributed by atoms with E-state index in [1.165, 1.54) is 37.7 Å². The molecule has 1 N–H and O–H groups in total. The van der Waals surface area contributed by atoms with E-state index in [1.54, 1.807) is 0 Å². The molecule has 3 heterocycles. The Labute approximate surface area is 196 Å². The second-order valence-corrected chi connectivity index (χ2v) is 11.1. The van der Waals surface area contributed by atoms with Crippen LogP contribution in [0.5, 0.6) is 0 Å². The number of carbonyl (C=O) groups is 2. The Kier molecular flexibility index (Phi) is 5.36. The van der Waals surface area contributed by atoms with Crippen LogP contribution in [0.1, 0.15) is 74.8 Å². The lowest BCUT2D eigenvalue weighted by atomic mass is 9.72. The molecule has 2 aliphatic carbocycles. The summed E-state index contributed by atoms with van der Waals surface area (Å²) in [4.78, 5) is 29.8. The van der Waals surface area contributed by atoms with Gasteiger partial charge in [-0.05, 0) is 44.1 Å². The first-order valence-electron chi connectivity index (χ1n) is 13.1. The van der Waals surface area contributed by atoms with Gasteiger partial charge >= 0.3 is 0 Å². The van der Waals surface area contributed by atoms with Gasteiger partial charge < -0.3 is 15.0 Å².